The van der Waals surface area contributed by atoms with Crippen LogP contribution in [0.2, 0.25) is 0 Å². The third-order valence-corrected chi connectivity index (χ3v) is 1.95. The van der Waals surface area contributed by atoms with E-state index in [0.717, 1.165) is 5.39 Å². The van der Waals surface area contributed by atoms with E-state index in [1.54, 1.807) is 18.2 Å². The minimum Gasteiger partial charge on any atom is -0.422 e. The molecule has 1 heterocycles. The summed E-state index contributed by atoms with van der Waals surface area (Å²) in [6.45, 7) is 0. The molecule has 0 bridgehead atoms. The van der Waals surface area contributed by atoms with Crippen LogP contribution >= 0.6 is 0 Å². The molecule has 2 rings (SSSR count). The van der Waals surface area contributed by atoms with Crippen LogP contribution in [0.1, 0.15) is 5.56 Å². The molecule has 0 radical (unpaired) electrons. The molecular formula is C10H9N2O2+. The Kier molecular flexibility index (Phi) is 1.81. The maximum atomic E-state index is 11.3. The number of rotatable bonds is 1. The van der Waals surface area contributed by atoms with Crippen molar-refractivity contribution in [3.63, 3.8) is 0 Å². The highest BCUT2D eigenvalue weighted by Gasteiger charge is 2.10. The summed E-state index contributed by atoms with van der Waals surface area (Å²) in [4.78, 5) is 11.3. The molecule has 0 saturated heterocycles. The monoisotopic (exact) mass is 189 g/mol. The van der Waals surface area contributed by atoms with Gasteiger partial charge >= 0.3 is 5.63 Å². The minimum absolute atomic E-state index is 0.0236. The second-order valence-electron chi connectivity index (χ2n) is 2.94. The highest BCUT2D eigenvalue weighted by molar-refractivity contribution is 5.95. The molecule has 70 valence electrons. The lowest BCUT2D eigenvalue weighted by Crippen LogP contribution is -2.48. The number of para-hydroxylation sites is 1. The first-order valence-corrected chi connectivity index (χ1v) is 4.09. The predicted molar refractivity (Wildman–Crippen MR) is 52.7 cm³/mol. The van der Waals surface area contributed by atoms with Gasteiger partial charge in [0.05, 0.1) is 0 Å². The summed E-state index contributed by atoms with van der Waals surface area (Å²) < 4.78 is 5.02. The van der Waals surface area contributed by atoms with Crippen LogP contribution in [0.5, 0.6) is 0 Å². The van der Waals surface area contributed by atoms with Gasteiger partial charge in [-0.05, 0) is 12.1 Å². The lowest BCUT2D eigenvalue weighted by atomic mass is 10.2. The zero-order valence-electron chi connectivity index (χ0n) is 7.36. The molecule has 4 N–H and O–H groups in total. The van der Waals surface area contributed by atoms with Crippen LogP contribution in [0.4, 0.5) is 0 Å². The minimum atomic E-state index is -0.510. The van der Waals surface area contributed by atoms with E-state index in [2.05, 4.69) is 0 Å². The molecule has 0 aliphatic carbocycles. The molecule has 0 atom stereocenters. The van der Waals surface area contributed by atoms with Crippen molar-refractivity contribution in [2.75, 3.05) is 0 Å². The highest BCUT2D eigenvalue weighted by Crippen LogP contribution is 2.11. The molecule has 1 aromatic heterocycles. The van der Waals surface area contributed by atoms with Gasteiger partial charge in [0, 0.05) is 5.39 Å². The van der Waals surface area contributed by atoms with Gasteiger partial charge in [0.1, 0.15) is 11.1 Å². The summed E-state index contributed by atoms with van der Waals surface area (Å²) in [5.74, 6) is -0.0236. The highest BCUT2D eigenvalue weighted by atomic mass is 16.4. The van der Waals surface area contributed by atoms with Gasteiger partial charge in [0.25, 0.3) is 5.84 Å². The number of hydrogen-bond acceptors (Lipinski definition) is 2. The molecule has 4 nitrogen and oxygen atoms in total. The fourth-order valence-electron chi connectivity index (χ4n) is 1.26. The Balaban J connectivity index is 2.84. The zero-order chi connectivity index (χ0) is 10.1. The Morgan fingerprint density at radius 3 is 2.79 bits per heavy atom. The average Bonchev–Trinajstić information content (AvgIpc) is 2.16. The van der Waals surface area contributed by atoms with Crippen molar-refractivity contribution < 1.29 is 9.83 Å². The van der Waals surface area contributed by atoms with E-state index in [1.807, 2.05) is 12.1 Å². The van der Waals surface area contributed by atoms with Gasteiger partial charge < -0.3 is 4.42 Å². The summed E-state index contributed by atoms with van der Waals surface area (Å²) in [6.07, 6.45) is 0. The number of benzene rings is 1. The van der Waals surface area contributed by atoms with Crippen molar-refractivity contribution in [3.8, 4) is 0 Å². The number of hydrogen-bond donors (Lipinski definition) is 2. The van der Waals surface area contributed by atoms with Crippen LogP contribution in [-0.4, -0.2) is 5.84 Å². The van der Waals surface area contributed by atoms with E-state index in [-0.39, 0.29) is 11.4 Å². The maximum absolute atomic E-state index is 11.3. The average molecular weight is 189 g/mol. The molecule has 1 aromatic carbocycles. The van der Waals surface area contributed by atoms with Crippen LogP contribution in [0.3, 0.4) is 0 Å². The molecule has 4 heteroatoms. The molecule has 0 aliphatic heterocycles. The molecule has 0 unspecified atom stereocenters. The molecule has 0 saturated carbocycles. The third-order valence-electron chi connectivity index (χ3n) is 1.95. The van der Waals surface area contributed by atoms with Gasteiger partial charge in [-0.3, -0.25) is 11.1 Å². The summed E-state index contributed by atoms with van der Waals surface area (Å²) in [6, 6.07) is 8.80. The van der Waals surface area contributed by atoms with Crippen molar-refractivity contribution in [2.45, 2.75) is 0 Å². The second kappa shape index (κ2) is 2.99. The van der Waals surface area contributed by atoms with Gasteiger partial charge in [0.2, 0.25) is 0 Å². The van der Waals surface area contributed by atoms with Gasteiger partial charge in [-0.2, -0.15) is 0 Å². The van der Waals surface area contributed by atoms with Gasteiger partial charge in [-0.25, -0.2) is 4.79 Å². The van der Waals surface area contributed by atoms with E-state index < -0.39 is 5.63 Å². The van der Waals surface area contributed by atoms with Crippen LogP contribution in [0.25, 0.3) is 11.0 Å². The quantitative estimate of drug-likeness (QED) is 0.352. The van der Waals surface area contributed by atoms with Crippen LogP contribution in [0, 0.1) is 0 Å². The van der Waals surface area contributed by atoms with Crippen molar-refractivity contribution in [3.05, 3.63) is 46.3 Å². The van der Waals surface area contributed by atoms with Crippen LogP contribution in [-0.2, 0) is 0 Å². The smallest absolute Gasteiger partial charge is 0.351 e. The Labute approximate surface area is 79.5 Å². The van der Waals surface area contributed by atoms with Gasteiger partial charge in [0.15, 0.2) is 0 Å². The van der Waals surface area contributed by atoms with E-state index in [9.17, 15) is 4.79 Å². The molecule has 0 amide bonds. The lowest BCUT2D eigenvalue weighted by Gasteiger charge is -1.96. The molecule has 0 spiro atoms. The fourth-order valence-corrected chi connectivity index (χ4v) is 1.26. The number of fused-ring (bicyclic) bond motifs is 1. The number of nitrogens with two attached hydrogens (primary N) is 2. The van der Waals surface area contributed by atoms with Crippen molar-refractivity contribution in [1.29, 1.82) is 0 Å². The fraction of sp³-hybridized carbons (Fsp3) is 0. The first-order chi connectivity index (χ1) is 6.68. The molecule has 14 heavy (non-hydrogen) atoms. The van der Waals surface area contributed by atoms with Crippen molar-refractivity contribution in [2.24, 2.45) is 5.73 Å². The molecule has 0 aliphatic rings. The lowest BCUT2D eigenvalue weighted by molar-refractivity contribution is -0.114. The van der Waals surface area contributed by atoms with E-state index in [0.29, 0.717) is 5.58 Å². The van der Waals surface area contributed by atoms with E-state index in [1.165, 1.54) is 0 Å². The second-order valence-corrected chi connectivity index (χ2v) is 2.94. The Morgan fingerprint density at radius 2 is 2.07 bits per heavy atom. The summed E-state index contributed by atoms with van der Waals surface area (Å²) in [5.41, 5.74) is 5.57. The first kappa shape index (κ1) is 8.50. The third kappa shape index (κ3) is 1.26. The van der Waals surface area contributed by atoms with Crippen molar-refractivity contribution >= 4 is 16.8 Å². The Hall–Kier alpha value is -2.10. The SMILES string of the molecule is NC(=[NH2+])c1cc2ccccc2oc1=O. The van der Waals surface area contributed by atoms with Gasteiger partial charge in [-0.15, -0.1) is 0 Å². The van der Waals surface area contributed by atoms with Crippen molar-refractivity contribution in [1.82, 2.24) is 0 Å². The molecule has 2 aromatic rings. The first-order valence-electron chi connectivity index (χ1n) is 4.09. The topological polar surface area (TPSA) is 81.8 Å². The molecular weight excluding hydrogens is 180 g/mol. The standard InChI is InChI=1S/C10H8N2O2/c11-9(12)7-5-6-3-1-2-4-8(6)14-10(7)13/h1-5H,(H3,11,12)/p+1. The van der Waals surface area contributed by atoms with E-state index >= 15 is 0 Å². The molecule has 0 fully saturated rings. The Morgan fingerprint density at radius 1 is 1.36 bits per heavy atom. The van der Waals surface area contributed by atoms with E-state index in [4.69, 9.17) is 15.6 Å². The van der Waals surface area contributed by atoms with Crippen LogP contribution < -0.4 is 16.8 Å². The zero-order valence-corrected chi connectivity index (χ0v) is 7.36. The predicted octanol–water partition coefficient (Wildman–Crippen LogP) is -0.743. The maximum Gasteiger partial charge on any atom is 0.351 e. The summed E-state index contributed by atoms with van der Waals surface area (Å²) in [7, 11) is 0. The summed E-state index contributed by atoms with van der Waals surface area (Å²) in [5, 5.41) is 6.14. The number of amidine groups is 1. The Bertz CT molecular complexity index is 557. The largest absolute Gasteiger partial charge is 0.422 e. The van der Waals surface area contributed by atoms with Crippen LogP contribution in [0.15, 0.2) is 39.5 Å². The summed E-state index contributed by atoms with van der Waals surface area (Å²) >= 11 is 0. The van der Waals surface area contributed by atoms with Gasteiger partial charge in [-0.1, -0.05) is 18.2 Å². The normalized spacial score (nSPS) is 10.3.